The Morgan fingerprint density at radius 3 is 2.39 bits per heavy atom. The van der Waals surface area contributed by atoms with E-state index in [2.05, 4.69) is 10.6 Å². The molecule has 44 heavy (non-hydrogen) atoms. The molecule has 1 aliphatic rings. The minimum absolute atomic E-state index is 0.00986. The molecule has 3 amide bonds. The Morgan fingerprint density at radius 1 is 1.00 bits per heavy atom. The number of methoxy groups -OCH3 is 2. The lowest BCUT2D eigenvalue weighted by Gasteiger charge is -2.27. The molecule has 3 aromatic rings. The number of Topliss-reactive ketones (excluding diaryl/α,β-unsaturated/α-hetero) is 1. The highest BCUT2D eigenvalue weighted by Gasteiger charge is 2.37. The van der Waals surface area contributed by atoms with Crippen molar-refractivity contribution in [1.29, 1.82) is 0 Å². The minimum Gasteiger partial charge on any atom is -0.496 e. The second-order valence-corrected chi connectivity index (χ2v) is 10.7. The van der Waals surface area contributed by atoms with Gasteiger partial charge in [0.2, 0.25) is 11.8 Å². The lowest BCUT2D eigenvalue weighted by atomic mass is 10.00. The summed E-state index contributed by atoms with van der Waals surface area (Å²) in [7, 11) is 4.50. The van der Waals surface area contributed by atoms with Crippen LogP contribution in [0.2, 0.25) is 0 Å². The molecule has 0 bridgehead atoms. The predicted octanol–water partition coefficient (Wildman–Crippen LogP) is 3.37. The van der Waals surface area contributed by atoms with Gasteiger partial charge in [-0.3, -0.25) is 14.4 Å². The highest BCUT2D eigenvalue weighted by molar-refractivity contribution is 6.08. The van der Waals surface area contributed by atoms with E-state index in [0.29, 0.717) is 34.7 Å². The maximum atomic E-state index is 14.4. The molecule has 0 radical (unpaired) electrons. The number of nitrogens with one attached hydrogen (secondary N) is 2. The number of fused-ring (bicyclic) bond motifs is 2. The topological polar surface area (TPSA) is 134 Å². The molecule has 0 aromatic heterocycles. The zero-order valence-corrected chi connectivity index (χ0v) is 25.6. The smallest absolute Gasteiger partial charge is 0.337 e. The summed E-state index contributed by atoms with van der Waals surface area (Å²) in [6.45, 7) is 3.13. The minimum atomic E-state index is -1.06. The van der Waals surface area contributed by atoms with E-state index in [1.807, 2.05) is 6.07 Å². The first-order valence-corrected chi connectivity index (χ1v) is 14.4. The molecule has 0 spiro atoms. The van der Waals surface area contributed by atoms with Gasteiger partial charge in [0.1, 0.15) is 17.6 Å². The molecule has 4 rings (SSSR count). The fraction of sp³-hybridized carbons (Fsp3) is 0.364. The van der Waals surface area contributed by atoms with Crippen molar-refractivity contribution in [2.24, 2.45) is 0 Å². The zero-order chi connectivity index (χ0) is 32.0. The largest absolute Gasteiger partial charge is 0.496 e. The number of benzene rings is 3. The van der Waals surface area contributed by atoms with E-state index in [1.165, 1.54) is 26.0 Å². The predicted molar refractivity (Wildman–Crippen MR) is 167 cm³/mol. The number of ether oxygens (including phenoxy) is 2. The summed E-state index contributed by atoms with van der Waals surface area (Å²) in [6.07, 6.45) is 0.749. The van der Waals surface area contributed by atoms with Crippen molar-refractivity contribution in [2.75, 3.05) is 37.6 Å². The van der Waals surface area contributed by atoms with E-state index in [9.17, 15) is 24.0 Å². The number of carbonyl (C=O) groups is 5. The number of esters is 1. The molecule has 11 heteroatoms. The molecule has 11 nitrogen and oxygen atoms in total. The molecule has 0 saturated heterocycles. The Kier molecular flexibility index (Phi) is 10.3. The average Bonchev–Trinajstić information content (AvgIpc) is 3.14. The van der Waals surface area contributed by atoms with Crippen molar-refractivity contribution in [1.82, 2.24) is 10.6 Å². The second-order valence-electron chi connectivity index (χ2n) is 10.7. The first kappa shape index (κ1) is 32.2. The average molecular weight is 603 g/mol. The zero-order valence-electron chi connectivity index (χ0n) is 25.6. The molecule has 2 N–H and O–H groups in total. The van der Waals surface area contributed by atoms with Crippen LogP contribution in [0.1, 0.15) is 49.0 Å². The van der Waals surface area contributed by atoms with Crippen LogP contribution in [-0.4, -0.2) is 69.4 Å². The van der Waals surface area contributed by atoms with Gasteiger partial charge in [0.15, 0.2) is 0 Å². The third-order valence-corrected chi connectivity index (χ3v) is 7.80. The number of rotatable bonds is 11. The quantitative estimate of drug-likeness (QED) is 0.319. The van der Waals surface area contributed by atoms with Gasteiger partial charge in [0.05, 0.1) is 50.3 Å². The fourth-order valence-electron chi connectivity index (χ4n) is 5.28. The Morgan fingerprint density at radius 2 is 1.73 bits per heavy atom. The molecule has 2 atom stereocenters. The SMILES string of the molecule is CN[C@@H](C)C(=O)N[C@H]1CN(C(=O)CCCC(C)=O)c2ccccc2N(Cc2c(OC)ccc3cc(C(=O)OC)ccc23)C1=O. The van der Waals surface area contributed by atoms with E-state index < -0.39 is 24.0 Å². The summed E-state index contributed by atoms with van der Waals surface area (Å²) in [5.41, 5.74) is 2.06. The van der Waals surface area contributed by atoms with Gasteiger partial charge >= 0.3 is 5.97 Å². The molecule has 0 unspecified atom stereocenters. The van der Waals surface area contributed by atoms with E-state index in [0.717, 1.165) is 10.8 Å². The number of ketones is 1. The van der Waals surface area contributed by atoms with Gasteiger partial charge in [-0.25, -0.2) is 4.79 Å². The van der Waals surface area contributed by atoms with E-state index in [4.69, 9.17) is 9.47 Å². The van der Waals surface area contributed by atoms with Gasteiger partial charge in [0, 0.05) is 18.4 Å². The van der Waals surface area contributed by atoms with E-state index in [-0.39, 0.29) is 43.5 Å². The Hall–Kier alpha value is -4.77. The van der Waals surface area contributed by atoms with Crippen LogP contribution in [0, 0.1) is 0 Å². The molecule has 1 heterocycles. The number of hydrogen-bond donors (Lipinski definition) is 2. The van der Waals surface area contributed by atoms with Crippen molar-refractivity contribution in [3.05, 3.63) is 65.7 Å². The van der Waals surface area contributed by atoms with Crippen LogP contribution >= 0.6 is 0 Å². The summed E-state index contributed by atoms with van der Waals surface area (Å²) in [6, 6.07) is 14.2. The van der Waals surface area contributed by atoms with Crippen molar-refractivity contribution in [3.63, 3.8) is 0 Å². The Bertz CT molecular complexity index is 1590. The first-order valence-electron chi connectivity index (χ1n) is 14.4. The van der Waals surface area contributed by atoms with Gasteiger partial charge < -0.3 is 34.7 Å². The number of hydrogen-bond acceptors (Lipinski definition) is 8. The van der Waals surface area contributed by atoms with Crippen LogP contribution in [0.5, 0.6) is 5.75 Å². The van der Waals surface area contributed by atoms with E-state index in [1.54, 1.807) is 67.4 Å². The number of amides is 3. The summed E-state index contributed by atoms with van der Waals surface area (Å²) in [5, 5.41) is 7.22. The number of nitrogens with zero attached hydrogens (tertiary/aromatic N) is 2. The summed E-state index contributed by atoms with van der Waals surface area (Å²) in [4.78, 5) is 67.7. The van der Waals surface area contributed by atoms with Gasteiger partial charge in [-0.2, -0.15) is 0 Å². The van der Waals surface area contributed by atoms with Gasteiger partial charge in [-0.1, -0.05) is 24.3 Å². The molecule has 3 aromatic carbocycles. The maximum absolute atomic E-state index is 14.4. The van der Waals surface area contributed by atoms with Gasteiger partial charge in [0.25, 0.3) is 5.91 Å². The van der Waals surface area contributed by atoms with Gasteiger partial charge in [-0.15, -0.1) is 0 Å². The van der Waals surface area contributed by atoms with Crippen molar-refractivity contribution < 1.29 is 33.4 Å². The van der Waals surface area contributed by atoms with Crippen molar-refractivity contribution in [2.45, 2.75) is 51.7 Å². The Balaban J connectivity index is 1.83. The fourth-order valence-corrected chi connectivity index (χ4v) is 5.28. The summed E-state index contributed by atoms with van der Waals surface area (Å²) in [5.74, 6) is -1.00. The highest BCUT2D eigenvalue weighted by Crippen LogP contribution is 2.37. The Labute approximate surface area is 256 Å². The van der Waals surface area contributed by atoms with E-state index >= 15 is 0 Å². The second kappa shape index (κ2) is 14.1. The normalized spacial score (nSPS) is 15.3. The van der Waals surface area contributed by atoms with Crippen LogP contribution in [0.25, 0.3) is 10.8 Å². The molecule has 232 valence electrons. The number of carbonyl (C=O) groups excluding carboxylic acids is 5. The monoisotopic (exact) mass is 602 g/mol. The summed E-state index contributed by atoms with van der Waals surface area (Å²) >= 11 is 0. The van der Waals surface area contributed by atoms with Crippen LogP contribution in [0.15, 0.2) is 54.6 Å². The molecule has 1 aliphatic heterocycles. The summed E-state index contributed by atoms with van der Waals surface area (Å²) < 4.78 is 10.6. The van der Waals surface area contributed by atoms with Crippen LogP contribution in [0.3, 0.4) is 0 Å². The molecule has 0 aliphatic carbocycles. The van der Waals surface area contributed by atoms with Crippen LogP contribution in [0.4, 0.5) is 11.4 Å². The molecule has 0 fully saturated rings. The highest BCUT2D eigenvalue weighted by atomic mass is 16.5. The molecule has 0 saturated carbocycles. The third kappa shape index (κ3) is 6.89. The van der Waals surface area contributed by atoms with Crippen LogP contribution < -0.4 is 25.2 Å². The lowest BCUT2D eigenvalue weighted by Crippen LogP contribution is -2.55. The number of likely N-dealkylation sites (N-methyl/N-ethyl adjacent to an activating group) is 1. The maximum Gasteiger partial charge on any atom is 0.337 e. The molecular weight excluding hydrogens is 564 g/mol. The standard InChI is InChI=1S/C33H38N4O7/c1-20(38)9-8-12-30(39)36-19-26(35-31(40)21(2)34-3)32(41)37(28-11-7-6-10-27(28)36)18-25-24-15-13-23(33(42)44-5)17-22(24)14-16-29(25)43-4/h6-7,10-11,13-17,21,26,34H,8-9,12,18-19H2,1-5H3,(H,35,40)/t21-,26-/m0/s1. The molecular formula is C33H38N4O7. The van der Waals surface area contributed by atoms with Crippen molar-refractivity contribution >= 4 is 51.6 Å². The third-order valence-electron chi connectivity index (χ3n) is 7.80. The number of anilines is 2. The lowest BCUT2D eigenvalue weighted by molar-refractivity contribution is -0.128. The number of para-hydroxylation sites is 2. The van der Waals surface area contributed by atoms with Crippen LogP contribution in [-0.2, 0) is 30.5 Å². The van der Waals surface area contributed by atoms with Gasteiger partial charge in [-0.05, 0) is 68.4 Å². The van der Waals surface area contributed by atoms with Crippen molar-refractivity contribution in [3.8, 4) is 5.75 Å². The first-order chi connectivity index (χ1) is 21.1.